The third-order valence-corrected chi connectivity index (χ3v) is 11.8. The third kappa shape index (κ3) is 13.0. The van der Waals surface area contributed by atoms with E-state index in [-0.39, 0.29) is 63.8 Å². The standard InChI is InChI=1S/C43H53Cl3N10O8.2ClH/c1-5-6-15-53-29-56(41(58)49-53)55-18-16-51(17-19-55)34-10-12-35(13-11-34)60-24-36-25-62-43(64-36,37-14-9-32(44)20-38(37)46)26-54-28-52(27-48-54)30(2)63-42(59)50(4)39-21-33(45)8-7-31(39)23-61-40(57)22-47-3;;/h7-14,20-21,27-28,30,36,47H,5-6,15-19,22-26,29H2,1-4H3;2*1H. The first kappa shape index (κ1) is 52.6. The van der Waals surface area contributed by atoms with Gasteiger partial charge in [0.05, 0.1) is 23.9 Å². The van der Waals surface area contributed by atoms with Gasteiger partial charge in [-0.2, -0.15) is 9.58 Å². The number of aromatic nitrogens is 3. The lowest BCUT2D eigenvalue weighted by atomic mass is 10.1. The summed E-state index contributed by atoms with van der Waals surface area (Å²) in [5.41, 5.74) is 5.58. The fraction of sp³-hybridized carbons (Fsp3) is 0.465. The summed E-state index contributed by atoms with van der Waals surface area (Å²) in [5, 5.41) is 14.4. The van der Waals surface area contributed by atoms with Crippen molar-refractivity contribution < 1.29 is 55.0 Å². The number of nitrogens with zero attached hydrogens (tertiary/aromatic N) is 8. The summed E-state index contributed by atoms with van der Waals surface area (Å²) in [6.45, 7) is 8.73. The molecule has 3 saturated heterocycles. The van der Waals surface area contributed by atoms with Crippen molar-refractivity contribution in [3.8, 4) is 5.75 Å². The van der Waals surface area contributed by atoms with E-state index in [2.05, 4.69) is 32.7 Å². The molecule has 7 rings (SSSR count). The molecule has 3 aromatic carbocycles. The number of likely N-dealkylation sites (N-methyl/N-ethyl adjacent to an activating group) is 1. The number of ether oxygens (including phenoxy) is 5. The van der Waals surface area contributed by atoms with Crippen molar-refractivity contribution in [3.63, 3.8) is 0 Å². The van der Waals surface area contributed by atoms with Gasteiger partial charge in [-0.25, -0.2) is 19.6 Å². The van der Waals surface area contributed by atoms with Gasteiger partial charge in [0.2, 0.25) is 18.3 Å². The molecule has 0 aliphatic carbocycles. The lowest BCUT2D eigenvalue weighted by Crippen LogP contribution is -3.00. The smallest absolute Gasteiger partial charge is 0.416 e. The van der Waals surface area contributed by atoms with Gasteiger partial charge < -0.3 is 46.3 Å². The van der Waals surface area contributed by atoms with E-state index in [0.717, 1.165) is 51.3 Å². The minimum absolute atomic E-state index is 0. The van der Waals surface area contributed by atoms with Crippen LogP contribution in [0.5, 0.6) is 5.75 Å². The number of esters is 1. The fourth-order valence-electron chi connectivity index (χ4n) is 7.57. The maximum atomic E-state index is 13.4. The van der Waals surface area contributed by atoms with Crippen LogP contribution in [0.25, 0.3) is 0 Å². The highest BCUT2D eigenvalue weighted by atomic mass is 35.5. The van der Waals surface area contributed by atoms with Crippen molar-refractivity contribution in [2.45, 2.75) is 58.0 Å². The Hall–Kier alpha value is -4.34. The average Bonchev–Trinajstić information content (AvgIpc) is 4.03. The number of anilines is 2. The highest BCUT2D eigenvalue weighted by Gasteiger charge is 2.47. The molecule has 3 aliphatic rings. The number of rotatable bonds is 18. The van der Waals surface area contributed by atoms with E-state index in [0.29, 0.717) is 44.3 Å². The molecule has 3 atom stereocenters. The van der Waals surface area contributed by atoms with Crippen molar-refractivity contribution in [2.24, 2.45) is 0 Å². The highest BCUT2D eigenvalue weighted by molar-refractivity contribution is 6.35. The summed E-state index contributed by atoms with van der Waals surface area (Å²) >= 11 is 19.3. The van der Waals surface area contributed by atoms with Gasteiger partial charge in [0.15, 0.2) is 6.54 Å². The molecule has 18 nitrogen and oxygen atoms in total. The first-order valence-corrected chi connectivity index (χ1v) is 22.3. The fourth-order valence-corrected chi connectivity index (χ4v) is 8.29. The first-order valence-electron chi connectivity index (χ1n) is 21.1. The van der Waals surface area contributed by atoms with E-state index in [9.17, 15) is 14.4 Å². The van der Waals surface area contributed by atoms with Crippen LogP contribution in [-0.2, 0) is 42.7 Å². The van der Waals surface area contributed by atoms with Gasteiger partial charge in [0.1, 0.15) is 31.7 Å². The van der Waals surface area contributed by atoms with Gasteiger partial charge in [-0.15, -0.1) is 17.1 Å². The minimum atomic E-state index is -1.37. The topological polar surface area (TPSA) is 159 Å². The molecule has 4 aromatic rings. The lowest BCUT2D eigenvalue weighted by molar-refractivity contribution is -0.753. The van der Waals surface area contributed by atoms with Crippen LogP contribution in [0.1, 0.15) is 44.0 Å². The van der Waals surface area contributed by atoms with Crippen LogP contribution < -0.4 is 42.3 Å². The molecule has 0 spiro atoms. The second kappa shape index (κ2) is 24.1. The molecule has 3 amide bonds. The van der Waals surface area contributed by atoms with E-state index in [1.54, 1.807) is 78.0 Å². The van der Waals surface area contributed by atoms with Gasteiger partial charge in [-0.05, 0) is 62.0 Å². The molecule has 1 aromatic heterocycles. The van der Waals surface area contributed by atoms with Crippen molar-refractivity contribution in [2.75, 3.05) is 83.0 Å². The van der Waals surface area contributed by atoms with Crippen molar-refractivity contribution >= 4 is 76.7 Å². The Kier molecular flexibility index (Phi) is 19.2. The molecule has 360 valence electrons. The maximum absolute atomic E-state index is 13.4. The number of hydrogen-bond donors (Lipinski definition) is 2. The van der Waals surface area contributed by atoms with Gasteiger partial charge in [0.25, 0.3) is 6.33 Å². The largest absolute Gasteiger partial charge is 1.00 e. The Bertz CT molecular complexity index is 2260. The zero-order valence-electron chi connectivity index (χ0n) is 37.0. The lowest BCUT2D eigenvalue weighted by Gasteiger charge is -2.39. The monoisotopic (exact) mass is 1010 g/mol. The maximum Gasteiger partial charge on any atom is 0.416 e. The number of piperazine rings is 1. The average molecular weight is 1020 g/mol. The Labute approximate surface area is 411 Å². The predicted octanol–water partition coefficient (Wildman–Crippen LogP) is 2.99. The van der Waals surface area contributed by atoms with Gasteiger partial charge in [-0.1, -0.05) is 60.3 Å². The molecule has 66 heavy (non-hydrogen) atoms. The summed E-state index contributed by atoms with van der Waals surface area (Å²) in [5.74, 6) is -1.13. The van der Waals surface area contributed by atoms with Crippen LogP contribution in [0.4, 0.5) is 21.0 Å². The van der Waals surface area contributed by atoms with Crippen LogP contribution in [0.15, 0.2) is 73.3 Å². The van der Waals surface area contributed by atoms with Crippen molar-refractivity contribution in [3.05, 3.63) is 99.5 Å². The van der Waals surface area contributed by atoms with Crippen LogP contribution in [-0.4, -0.2) is 122 Å². The van der Waals surface area contributed by atoms with Crippen LogP contribution in [0, 0.1) is 0 Å². The molecule has 0 saturated carbocycles. The molecule has 0 radical (unpaired) electrons. The van der Waals surface area contributed by atoms with Crippen molar-refractivity contribution in [1.29, 1.82) is 0 Å². The summed E-state index contributed by atoms with van der Waals surface area (Å²) in [7, 11) is 3.19. The molecule has 23 heteroatoms. The summed E-state index contributed by atoms with van der Waals surface area (Å²) in [6, 6.07) is 17.9. The van der Waals surface area contributed by atoms with Gasteiger partial charge >= 0.3 is 18.1 Å². The van der Waals surface area contributed by atoms with Gasteiger partial charge in [-0.3, -0.25) is 15.1 Å². The summed E-state index contributed by atoms with van der Waals surface area (Å²) < 4.78 is 33.7. The van der Waals surface area contributed by atoms with E-state index in [4.69, 9.17) is 58.5 Å². The highest BCUT2D eigenvalue weighted by Crippen LogP contribution is 2.40. The number of nitrogens with one attached hydrogen (secondary N) is 2. The zero-order valence-corrected chi connectivity index (χ0v) is 40.9. The number of unbranched alkanes of at least 4 members (excludes halogenated alkanes) is 1. The quantitative estimate of drug-likeness (QED) is 0.111. The molecular formula is C43H55Cl5N10O8. The number of hydrazine groups is 2. The number of hydrogen-bond acceptors (Lipinski definition) is 13. The number of carbonyl (C=O) groups excluding carboxylic acids is 3. The molecular weight excluding hydrogens is 962 g/mol. The number of urea groups is 1. The number of halogens is 5. The van der Waals surface area contributed by atoms with E-state index < -0.39 is 30.2 Å². The van der Waals surface area contributed by atoms with Crippen molar-refractivity contribution in [1.82, 2.24) is 35.5 Å². The number of benzene rings is 3. The SMILES string of the molecule is CCCCN1CN(N2CCN(c3ccc(OCC4COC(Cn5c[n+](C(C)OC(=O)N(C)c6cc(Cl)ccc6COC(=O)CNC)cn5)(c5ccc(Cl)cc5Cl)O4)cc3)CC2)C(=O)N1.Cl.[Cl-]. The molecule has 4 heterocycles. The third-order valence-electron chi connectivity index (χ3n) is 11.1. The van der Waals surface area contributed by atoms with E-state index in [1.165, 1.54) is 11.2 Å². The second-order valence-corrected chi connectivity index (χ2v) is 16.9. The van der Waals surface area contributed by atoms with E-state index >= 15 is 0 Å². The Morgan fingerprint density at radius 2 is 1.79 bits per heavy atom. The Balaban J connectivity index is 0.00000408. The Morgan fingerprint density at radius 3 is 2.50 bits per heavy atom. The van der Waals surface area contributed by atoms with E-state index in [1.807, 2.05) is 29.3 Å². The molecule has 3 aliphatic heterocycles. The first-order chi connectivity index (χ1) is 30.8. The minimum Gasteiger partial charge on any atom is -1.00 e. The number of amides is 3. The zero-order chi connectivity index (χ0) is 45.4. The van der Waals surface area contributed by atoms with Gasteiger partial charge in [0, 0.05) is 78.7 Å². The molecule has 3 fully saturated rings. The van der Waals surface area contributed by atoms with Crippen LogP contribution in [0.2, 0.25) is 15.1 Å². The summed E-state index contributed by atoms with van der Waals surface area (Å²) in [4.78, 5) is 41.6. The van der Waals surface area contributed by atoms with Crippen LogP contribution in [0.3, 0.4) is 0 Å². The second-order valence-electron chi connectivity index (χ2n) is 15.6. The normalized spacial score (nSPS) is 19.1. The Morgan fingerprint density at radius 1 is 1.06 bits per heavy atom. The molecule has 3 unspecified atom stereocenters. The predicted molar refractivity (Wildman–Crippen MR) is 246 cm³/mol. The number of carbonyl (C=O) groups is 3. The molecule has 2 N–H and O–H groups in total. The van der Waals surface area contributed by atoms with Crippen LogP contribution >= 0.6 is 47.2 Å². The molecule has 0 bridgehead atoms. The summed E-state index contributed by atoms with van der Waals surface area (Å²) in [6.07, 6.45) is 3.36.